The van der Waals surface area contributed by atoms with Gasteiger partial charge in [-0.15, -0.1) is 0 Å². The Labute approximate surface area is 169 Å². The first-order chi connectivity index (χ1) is 14.0. The number of methoxy groups -OCH3 is 1. The third kappa shape index (κ3) is 5.19. The summed E-state index contributed by atoms with van der Waals surface area (Å²) in [7, 11) is 1.32. The normalized spacial score (nSPS) is 10.5. The van der Waals surface area contributed by atoms with Gasteiger partial charge in [0.1, 0.15) is 0 Å². The van der Waals surface area contributed by atoms with Gasteiger partial charge in [-0.2, -0.15) is 0 Å². The van der Waals surface area contributed by atoms with Crippen molar-refractivity contribution in [1.82, 2.24) is 4.98 Å². The fraction of sp³-hybridized carbons (Fsp3) is 0.174. The molecule has 0 spiro atoms. The van der Waals surface area contributed by atoms with Crippen molar-refractivity contribution >= 4 is 28.9 Å². The van der Waals surface area contributed by atoms with Crippen molar-refractivity contribution in [2.75, 3.05) is 17.7 Å². The van der Waals surface area contributed by atoms with Crippen molar-refractivity contribution in [3.05, 3.63) is 83.7 Å². The number of amides is 1. The van der Waals surface area contributed by atoms with Gasteiger partial charge in [-0.3, -0.25) is 9.78 Å². The third-order valence-corrected chi connectivity index (χ3v) is 4.43. The van der Waals surface area contributed by atoms with Crippen LogP contribution in [0.15, 0.2) is 67.0 Å². The number of anilines is 3. The van der Waals surface area contributed by atoms with Gasteiger partial charge in [-0.05, 0) is 53.9 Å². The van der Waals surface area contributed by atoms with Crippen LogP contribution in [0, 0.1) is 0 Å². The molecule has 148 valence electrons. The van der Waals surface area contributed by atoms with E-state index >= 15 is 0 Å². The van der Waals surface area contributed by atoms with Gasteiger partial charge in [-0.1, -0.05) is 26.0 Å². The Morgan fingerprint density at radius 2 is 1.52 bits per heavy atom. The molecule has 29 heavy (non-hydrogen) atoms. The number of hydrogen-bond acceptors (Lipinski definition) is 5. The average molecular weight is 389 g/mol. The lowest BCUT2D eigenvalue weighted by atomic mass is 10.0. The summed E-state index contributed by atoms with van der Waals surface area (Å²) in [6.07, 6.45) is 3.17. The maximum Gasteiger partial charge on any atom is 0.337 e. The van der Waals surface area contributed by atoms with Gasteiger partial charge in [0.2, 0.25) is 0 Å². The second kappa shape index (κ2) is 9.01. The molecule has 0 atom stereocenters. The molecule has 0 aliphatic heterocycles. The van der Waals surface area contributed by atoms with Gasteiger partial charge in [0, 0.05) is 17.6 Å². The van der Waals surface area contributed by atoms with Crippen molar-refractivity contribution in [1.29, 1.82) is 0 Å². The molecule has 2 N–H and O–H groups in total. The van der Waals surface area contributed by atoms with Crippen LogP contribution < -0.4 is 10.6 Å². The molecular weight excluding hydrogens is 366 g/mol. The second-order valence-corrected chi connectivity index (χ2v) is 6.89. The molecular formula is C23H23N3O3. The second-order valence-electron chi connectivity index (χ2n) is 6.89. The average Bonchev–Trinajstić information content (AvgIpc) is 2.74. The van der Waals surface area contributed by atoms with Crippen molar-refractivity contribution in [2.24, 2.45) is 0 Å². The van der Waals surface area contributed by atoms with Crippen molar-refractivity contribution in [2.45, 2.75) is 19.8 Å². The Kier molecular flexibility index (Phi) is 6.24. The predicted octanol–water partition coefficient (Wildman–Crippen LogP) is 4.99. The number of rotatable bonds is 6. The van der Waals surface area contributed by atoms with E-state index in [9.17, 15) is 9.59 Å². The van der Waals surface area contributed by atoms with Crippen LogP contribution in [-0.2, 0) is 4.74 Å². The largest absolute Gasteiger partial charge is 0.465 e. The van der Waals surface area contributed by atoms with Gasteiger partial charge in [0.25, 0.3) is 5.91 Å². The number of nitrogens with one attached hydrogen (secondary N) is 2. The van der Waals surface area contributed by atoms with Crippen LogP contribution >= 0.6 is 0 Å². The highest BCUT2D eigenvalue weighted by atomic mass is 16.5. The number of benzene rings is 2. The topological polar surface area (TPSA) is 80.3 Å². The van der Waals surface area contributed by atoms with Crippen molar-refractivity contribution in [3.63, 3.8) is 0 Å². The first kappa shape index (κ1) is 20.1. The molecule has 0 aliphatic rings. The molecule has 1 aromatic heterocycles. The highest BCUT2D eigenvalue weighted by Gasteiger charge is 2.10. The molecule has 0 radical (unpaired) electrons. The molecule has 2 aromatic carbocycles. The minimum atomic E-state index is -0.424. The Bertz CT molecular complexity index is 997. The van der Waals surface area contributed by atoms with E-state index in [1.807, 2.05) is 12.1 Å². The fourth-order valence-electron chi connectivity index (χ4n) is 2.76. The van der Waals surface area contributed by atoms with Crippen LogP contribution in [0.3, 0.4) is 0 Å². The van der Waals surface area contributed by atoms with Crippen molar-refractivity contribution in [3.8, 4) is 0 Å². The first-order valence-electron chi connectivity index (χ1n) is 9.28. The lowest BCUT2D eigenvalue weighted by Crippen LogP contribution is -2.12. The number of aromatic nitrogens is 1. The van der Waals surface area contributed by atoms with Gasteiger partial charge in [0.15, 0.2) is 0 Å². The van der Waals surface area contributed by atoms with E-state index in [1.54, 1.807) is 36.5 Å². The number of carbonyl (C=O) groups excluding carboxylic acids is 2. The molecule has 0 bridgehead atoms. The zero-order chi connectivity index (χ0) is 20.8. The number of hydrogen-bond donors (Lipinski definition) is 2. The highest BCUT2D eigenvalue weighted by Crippen LogP contribution is 2.21. The summed E-state index contributed by atoms with van der Waals surface area (Å²) in [5.74, 6) is -0.242. The third-order valence-electron chi connectivity index (χ3n) is 4.43. The number of ether oxygens (including phenoxy) is 1. The summed E-state index contributed by atoms with van der Waals surface area (Å²) in [5, 5.41) is 6.06. The lowest BCUT2D eigenvalue weighted by Gasteiger charge is -2.10. The molecule has 3 aromatic rings. The van der Waals surface area contributed by atoms with E-state index in [0.717, 1.165) is 11.4 Å². The quantitative estimate of drug-likeness (QED) is 0.581. The summed E-state index contributed by atoms with van der Waals surface area (Å²) in [6, 6.07) is 16.4. The van der Waals surface area contributed by atoms with Crippen LogP contribution in [0.4, 0.5) is 17.1 Å². The number of nitrogens with zero attached hydrogens (tertiary/aromatic N) is 1. The van der Waals surface area contributed by atoms with E-state index < -0.39 is 5.97 Å². The van der Waals surface area contributed by atoms with E-state index in [4.69, 9.17) is 0 Å². The molecule has 0 fully saturated rings. The number of esters is 1. The minimum Gasteiger partial charge on any atom is -0.465 e. The molecule has 6 heteroatoms. The zero-order valence-corrected chi connectivity index (χ0v) is 16.6. The van der Waals surface area contributed by atoms with E-state index in [2.05, 4.69) is 46.3 Å². The maximum absolute atomic E-state index is 12.5. The Morgan fingerprint density at radius 3 is 2.14 bits per heavy atom. The molecule has 3 rings (SSSR count). The molecule has 0 aliphatic carbocycles. The van der Waals surface area contributed by atoms with Gasteiger partial charge in [0.05, 0.1) is 30.1 Å². The van der Waals surface area contributed by atoms with Crippen LogP contribution in [0.25, 0.3) is 0 Å². The summed E-state index contributed by atoms with van der Waals surface area (Å²) >= 11 is 0. The molecule has 6 nitrogen and oxygen atoms in total. The zero-order valence-electron chi connectivity index (χ0n) is 16.6. The SMILES string of the molecule is COC(=O)c1ccc(NC(=O)c2cncc(Nc3ccc(C(C)C)cc3)c2)cc1. The standard InChI is InChI=1S/C23H23N3O3/c1-15(2)16-4-8-19(9-5-16)25-21-12-18(13-24-14-21)22(27)26-20-10-6-17(7-11-20)23(28)29-3/h4-15,25H,1-3H3,(H,26,27). The predicted molar refractivity (Wildman–Crippen MR) is 114 cm³/mol. The van der Waals surface area contributed by atoms with Crippen LogP contribution in [0.2, 0.25) is 0 Å². The fourth-order valence-corrected chi connectivity index (χ4v) is 2.76. The van der Waals surface area contributed by atoms with Crippen molar-refractivity contribution < 1.29 is 14.3 Å². The molecule has 0 unspecified atom stereocenters. The maximum atomic E-state index is 12.5. The van der Waals surface area contributed by atoms with Crippen LogP contribution in [-0.4, -0.2) is 24.0 Å². The lowest BCUT2D eigenvalue weighted by molar-refractivity contribution is 0.0600. The van der Waals surface area contributed by atoms with Gasteiger partial charge >= 0.3 is 5.97 Å². The van der Waals surface area contributed by atoms with E-state index in [1.165, 1.54) is 18.9 Å². The molecule has 1 heterocycles. The smallest absolute Gasteiger partial charge is 0.337 e. The highest BCUT2D eigenvalue weighted by molar-refractivity contribution is 6.04. The summed E-state index contributed by atoms with van der Waals surface area (Å²) in [6.45, 7) is 4.30. The molecule has 1 amide bonds. The molecule has 0 saturated carbocycles. The van der Waals surface area contributed by atoms with E-state index in [-0.39, 0.29) is 5.91 Å². The van der Waals surface area contributed by atoms with Crippen LogP contribution in [0.1, 0.15) is 46.0 Å². The monoisotopic (exact) mass is 389 g/mol. The van der Waals surface area contributed by atoms with E-state index in [0.29, 0.717) is 22.7 Å². The number of carbonyl (C=O) groups is 2. The van der Waals surface area contributed by atoms with Gasteiger partial charge < -0.3 is 15.4 Å². The molecule has 0 saturated heterocycles. The van der Waals surface area contributed by atoms with Gasteiger partial charge in [-0.25, -0.2) is 4.79 Å². The Morgan fingerprint density at radius 1 is 0.862 bits per heavy atom. The summed E-state index contributed by atoms with van der Waals surface area (Å²) in [5.41, 5.74) is 4.32. The Hall–Kier alpha value is -3.67. The summed E-state index contributed by atoms with van der Waals surface area (Å²) < 4.78 is 4.67. The first-order valence-corrected chi connectivity index (χ1v) is 9.28. The van der Waals surface area contributed by atoms with Crippen LogP contribution in [0.5, 0.6) is 0 Å². The minimum absolute atomic E-state index is 0.290. The Balaban J connectivity index is 1.68. The number of pyridine rings is 1. The summed E-state index contributed by atoms with van der Waals surface area (Å²) in [4.78, 5) is 28.2.